The number of hydrogen-bond acceptors (Lipinski definition) is 5. The van der Waals surface area contributed by atoms with Gasteiger partial charge in [0, 0.05) is 11.4 Å². The Morgan fingerprint density at radius 1 is 1.16 bits per heavy atom. The van der Waals surface area contributed by atoms with Gasteiger partial charge in [-0.15, -0.1) is 11.3 Å². The van der Waals surface area contributed by atoms with E-state index >= 15 is 0 Å². The Bertz CT molecular complexity index is 1130. The van der Waals surface area contributed by atoms with Crippen LogP contribution in [0, 0.1) is 0 Å². The zero-order valence-corrected chi connectivity index (χ0v) is 19.5. The molecule has 0 bridgehead atoms. The maximum Gasteiger partial charge on any atom is 0.261 e. The third kappa shape index (κ3) is 4.99. The Kier molecular flexibility index (Phi) is 6.72. The summed E-state index contributed by atoms with van der Waals surface area (Å²) in [5.74, 6) is 0.601. The molecule has 1 amide bonds. The Balaban J connectivity index is 1.58. The molecule has 1 atom stereocenters. The molecule has 0 spiro atoms. The summed E-state index contributed by atoms with van der Waals surface area (Å²) in [5, 5.41) is 10.6. The first-order chi connectivity index (χ1) is 14.9. The molecule has 1 unspecified atom stereocenters. The second-order valence-corrected chi connectivity index (χ2v) is 9.44. The summed E-state index contributed by atoms with van der Waals surface area (Å²) >= 11 is 19.7. The number of carbonyl (C=O) groups is 1. The van der Waals surface area contributed by atoms with Crippen molar-refractivity contribution >= 4 is 63.4 Å². The largest absolute Gasteiger partial charge is 0.497 e. The average Bonchev–Trinajstić information content (AvgIpc) is 3.39. The van der Waals surface area contributed by atoms with E-state index < -0.39 is 0 Å². The molecule has 1 aromatic heterocycles. The highest BCUT2D eigenvalue weighted by Gasteiger charge is 2.30. The van der Waals surface area contributed by atoms with Gasteiger partial charge in [0.1, 0.15) is 5.75 Å². The number of carbonyl (C=O) groups excluding carboxylic acids is 1. The van der Waals surface area contributed by atoms with Gasteiger partial charge in [-0.1, -0.05) is 46.9 Å². The quantitative estimate of drug-likeness (QED) is 0.428. The molecule has 0 aliphatic carbocycles. The summed E-state index contributed by atoms with van der Waals surface area (Å²) in [5.41, 5.74) is 2.64. The van der Waals surface area contributed by atoms with E-state index in [1.165, 1.54) is 11.3 Å². The van der Waals surface area contributed by atoms with E-state index in [4.69, 9.17) is 44.6 Å². The Hall–Kier alpha value is -2.25. The van der Waals surface area contributed by atoms with Gasteiger partial charge in [0.2, 0.25) is 0 Å². The summed E-state index contributed by atoms with van der Waals surface area (Å²) in [6.45, 7) is 0.322. The second kappa shape index (κ2) is 9.49. The number of thiophene rings is 1. The third-order valence-electron chi connectivity index (χ3n) is 4.88. The number of nitrogens with zero attached hydrogens (tertiary/aromatic N) is 2. The van der Waals surface area contributed by atoms with Crippen LogP contribution in [0.25, 0.3) is 0 Å². The number of methoxy groups -OCH3 is 1. The summed E-state index contributed by atoms with van der Waals surface area (Å²) < 4.78 is 5.85. The molecule has 31 heavy (non-hydrogen) atoms. The Labute approximate surface area is 199 Å². The minimum Gasteiger partial charge on any atom is -0.497 e. The van der Waals surface area contributed by atoms with Crippen molar-refractivity contribution in [2.45, 2.75) is 12.5 Å². The van der Waals surface area contributed by atoms with Crippen molar-refractivity contribution in [2.75, 3.05) is 18.7 Å². The maximum atomic E-state index is 12.4. The molecule has 0 saturated heterocycles. The van der Waals surface area contributed by atoms with E-state index in [-0.39, 0.29) is 11.9 Å². The van der Waals surface area contributed by atoms with Gasteiger partial charge >= 0.3 is 0 Å². The lowest BCUT2D eigenvalue weighted by Gasteiger charge is -2.25. The lowest BCUT2D eigenvalue weighted by atomic mass is 10.0. The molecule has 0 saturated carbocycles. The monoisotopic (exact) mass is 493 g/mol. The number of rotatable bonds is 6. The highest BCUT2D eigenvalue weighted by Crippen LogP contribution is 2.39. The van der Waals surface area contributed by atoms with E-state index in [2.05, 4.69) is 5.32 Å². The van der Waals surface area contributed by atoms with Crippen LogP contribution in [0.3, 0.4) is 0 Å². The molecular weight excluding hydrogens is 477 g/mol. The number of ether oxygens (including phenoxy) is 1. The predicted molar refractivity (Wildman–Crippen MR) is 128 cm³/mol. The summed E-state index contributed by atoms with van der Waals surface area (Å²) in [6, 6.07) is 16.5. The first-order valence-corrected chi connectivity index (χ1v) is 11.4. The van der Waals surface area contributed by atoms with Crippen LogP contribution in [0.4, 0.5) is 5.69 Å². The predicted octanol–water partition coefficient (Wildman–Crippen LogP) is 6.45. The van der Waals surface area contributed by atoms with Gasteiger partial charge in [0.05, 0.1) is 45.3 Å². The lowest BCUT2D eigenvalue weighted by molar-refractivity contribution is 0.0963. The van der Waals surface area contributed by atoms with Crippen molar-refractivity contribution in [3.63, 3.8) is 0 Å². The fourth-order valence-corrected chi connectivity index (χ4v) is 4.81. The standard InChI is InChI=1S/C22H18Cl3N3O2S/c1-30-16-5-2-13(3-6-16)19-11-15(12-26-22(29)20-8-9-21(25)31-20)27-28(19)18-7-4-14(23)10-17(18)24/h2-10,19H,11-12H2,1H3,(H,26,29). The number of hydrogen-bond donors (Lipinski definition) is 1. The van der Waals surface area contributed by atoms with E-state index in [1.807, 2.05) is 35.3 Å². The minimum atomic E-state index is -0.177. The van der Waals surface area contributed by atoms with Gasteiger partial charge in [-0.2, -0.15) is 5.10 Å². The van der Waals surface area contributed by atoms with Crippen LogP contribution in [0.15, 0.2) is 59.7 Å². The van der Waals surface area contributed by atoms with Crippen LogP contribution in [0.5, 0.6) is 5.75 Å². The smallest absolute Gasteiger partial charge is 0.261 e. The molecule has 4 rings (SSSR count). The normalized spacial score (nSPS) is 15.7. The second-order valence-electron chi connectivity index (χ2n) is 6.89. The molecule has 3 aromatic rings. The van der Waals surface area contributed by atoms with Crippen LogP contribution in [0.2, 0.25) is 14.4 Å². The third-order valence-corrected chi connectivity index (χ3v) is 6.65. The van der Waals surface area contributed by atoms with Crippen molar-refractivity contribution in [1.82, 2.24) is 5.32 Å². The molecule has 0 radical (unpaired) electrons. The Morgan fingerprint density at radius 2 is 1.94 bits per heavy atom. The van der Waals surface area contributed by atoms with E-state index in [0.29, 0.717) is 32.2 Å². The molecule has 1 aliphatic heterocycles. The number of halogens is 3. The van der Waals surface area contributed by atoms with Crippen molar-refractivity contribution in [2.24, 2.45) is 5.10 Å². The van der Waals surface area contributed by atoms with E-state index in [9.17, 15) is 4.79 Å². The molecule has 2 aromatic carbocycles. The van der Waals surface area contributed by atoms with Gasteiger partial charge in [0.15, 0.2) is 0 Å². The van der Waals surface area contributed by atoms with Gasteiger partial charge in [-0.25, -0.2) is 0 Å². The molecular formula is C22H18Cl3N3O2S. The SMILES string of the molecule is COc1ccc(C2CC(CNC(=O)c3ccc(Cl)s3)=NN2c2ccc(Cl)cc2Cl)cc1. The average molecular weight is 495 g/mol. The molecule has 1 N–H and O–H groups in total. The summed E-state index contributed by atoms with van der Waals surface area (Å²) in [6.07, 6.45) is 0.636. The summed E-state index contributed by atoms with van der Waals surface area (Å²) in [7, 11) is 1.63. The molecule has 9 heteroatoms. The topological polar surface area (TPSA) is 53.9 Å². The van der Waals surface area contributed by atoms with Gasteiger partial charge in [-0.05, 0) is 48.0 Å². The minimum absolute atomic E-state index is 0.0762. The number of anilines is 1. The van der Waals surface area contributed by atoms with Crippen molar-refractivity contribution < 1.29 is 9.53 Å². The highest BCUT2D eigenvalue weighted by atomic mass is 35.5. The Morgan fingerprint density at radius 3 is 2.58 bits per heavy atom. The van der Waals surface area contributed by atoms with Crippen molar-refractivity contribution in [3.05, 3.63) is 79.4 Å². The van der Waals surface area contributed by atoms with Crippen molar-refractivity contribution in [1.29, 1.82) is 0 Å². The molecule has 160 valence electrons. The molecule has 5 nitrogen and oxygen atoms in total. The van der Waals surface area contributed by atoms with Crippen LogP contribution in [-0.2, 0) is 0 Å². The number of benzene rings is 2. The van der Waals surface area contributed by atoms with Crippen LogP contribution >= 0.6 is 46.1 Å². The number of hydrazone groups is 1. The highest BCUT2D eigenvalue weighted by molar-refractivity contribution is 7.18. The van der Waals surface area contributed by atoms with Gasteiger partial charge < -0.3 is 10.1 Å². The zero-order valence-electron chi connectivity index (χ0n) is 16.4. The molecule has 1 aliphatic rings. The lowest BCUT2D eigenvalue weighted by Crippen LogP contribution is -2.28. The van der Waals surface area contributed by atoms with E-state index in [0.717, 1.165) is 22.7 Å². The number of nitrogens with one attached hydrogen (secondary N) is 1. The number of amides is 1. The van der Waals surface area contributed by atoms with Crippen LogP contribution in [0.1, 0.15) is 27.7 Å². The fraction of sp³-hybridized carbons (Fsp3) is 0.182. The van der Waals surface area contributed by atoms with Gasteiger partial charge in [0.25, 0.3) is 5.91 Å². The first kappa shape index (κ1) is 22.0. The fourth-order valence-electron chi connectivity index (χ4n) is 3.36. The molecule has 2 heterocycles. The van der Waals surface area contributed by atoms with Gasteiger partial charge in [-0.3, -0.25) is 9.80 Å². The maximum absolute atomic E-state index is 12.4. The van der Waals surface area contributed by atoms with E-state index in [1.54, 1.807) is 31.4 Å². The van der Waals surface area contributed by atoms with Crippen LogP contribution in [-0.4, -0.2) is 25.3 Å². The zero-order chi connectivity index (χ0) is 22.0. The van der Waals surface area contributed by atoms with Crippen molar-refractivity contribution in [3.8, 4) is 5.75 Å². The first-order valence-electron chi connectivity index (χ1n) is 9.42. The molecule has 0 fully saturated rings. The van der Waals surface area contributed by atoms with Crippen LogP contribution < -0.4 is 15.1 Å². The summed E-state index contributed by atoms with van der Waals surface area (Å²) in [4.78, 5) is 13.0.